The lowest BCUT2D eigenvalue weighted by Gasteiger charge is -2.23. The number of aliphatic hydroxyl groups is 2. The van der Waals surface area contributed by atoms with Crippen LogP contribution in [0.2, 0.25) is 0 Å². The molecular formula is C11H11F2N7O4. The Morgan fingerprint density at radius 3 is 2.96 bits per heavy atom. The van der Waals surface area contributed by atoms with Crippen LogP contribution >= 0.6 is 0 Å². The molecule has 0 aliphatic carbocycles. The monoisotopic (exact) mass is 343 g/mol. The maximum absolute atomic E-state index is 14.5. The van der Waals surface area contributed by atoms with Crippen molar-refractivity contribution in [3.8, 4) is 0 Å². The zero-order valence-corrected chi connectivity index (χ0v) is 11.9. The van der Waals surface area contributed by atoms with Crippen molar-refractivity contribution in [3.05, 3.63) is 22.5 Å². The van der Waals surface area contributed by atoms with Gasteiger partial charge in [0.1, 0.15) is 5.84 Å². The summed E-state index contributed by atoms with van der Waals surface area (Å²) in [5.41, 5.74) is 11.2. The molecule has 0 amide bonds. The number of Topliss-reactive ketones (excluding diaryl/α,β-unsaturated/α-hetero) is 1. The molecule has 1 aromatic heterocycles. The maximum atomic E-state index is 14.5. The van der Waals surface area contributed by atoms with Crippen molar-refractivity contribution in [2.75, 3.05) is 6.61 Å². The molecule has 0 radical (unpaired) electrons. The minimum Gasteiger partial charge on any atom is -0.393 e. The molecule has 1 saturated heterocycles. The molecular weight excluding hydrogens is 332 g/mol. The zero-order chi connectivity index (χ0) is 17.7. The summed E-state index contributed by atoms with van der Waals surface area (Å²) in [5.74, 6) is -4.85. The summed E-state index contributed by atoms with van der Waals surface area (Å²) >= 11 is 0. The SMILES string of the molecule is [N-]=[N+]=N[C@]1(CO)O[C@@H](n2cnc3c2N=C(N)CC3=O)C(F)(F)[C@@H]1O. The summed E-state index contributed by atoms with van der Waals surface area (Å²) in [7, 11) is 0. The Labute approximate surface area is 132 Å². The minimum atomic E-state index is -3.98. The molecule has 0 bridgehead atoms. The number of fused-ring (bicyclic) bond motifs is 1. The molecule has 11 nitrogen and oxygen atoms in total. The number of rotatable bonds is 3. The molecule has 4 N–H and O–H groups in total. The lowest BCUT2D eigenvalue weighted by Crippen LogP contribution is -2.47. The van der Waals surface area contributed by atoms with Gasteiger partial charge in [0.25, 0.3) is 0 Å². The topological polar surface area (TPSA) is 172 Å². The predicted molar refractivity (Wildman–Crippen MR) is 72.5 cm³/mol. The molecule has 0 spiro atoms. The van der Waals surface area contributed by atoms with Crippen LogP contribution in [-0.4, -0.2) is 55.7 Å². The average molecular weight is 343 g/mol. The highest BCUT2D eigenvalue weighted by molar-refractivity contribution is 6.13. The number of halogens is 2. The first-order valence-electron chi connectivity index (χ1n) is 6.60. The number of amidine groups is 1. The van der Waals surface area contributed by atoms with Crippen molar-refractivity contribution >= 4 is 17.4 Å². The van der Waals surface area contributed by atoms with Gasteiger partial charge in [-0.05, 0) is 5.53 Å². The number of ether oxygens (including phenoxy) is 1. The molecule has 3 rings (SSSR count). The van der Waals surface area contributed by atoms with E-state index in [0.29, 0.717) is 4.57 Å². The Kier molecular flexibility index (Phi) is 3.53. The second-order valence-corrected chi connectivity index (χ2v) is 5.27. The smallest absolute Gasteiger partial charge is 0.320 e. The van der Waals surface area contributed by atoms with E-state index in [4.69, 9.17) is 16.0 Å². The third kappa shape index (κ3) is 2.06. The average Bonchev–Trinajstić information content (AvgIpc) is 3.01. The van der Waals surface area contributed by atoms with E-state index in [0.717, 1.165) is 6.33 Å². The summed E-state index contributed by atoms with van der Waals surface area (Å²) in [6.45, 7) is -1.19. The Morgan fingerprint density at radius 2 is 2.33 bits per heavy atom. The summed E-state index contributed by atoms with van der Waals surface area (Å²) in [5, 5.41) is 22.1. The van der Waals surface area contributed by atoms with Crippen molar-refractivity contribution in [2.24, 2.45) is 15.8 Å². The number of aliphatic imine (C=N–C) groups is 1. The lowest BCUT2D eigenvalue weighted by molar-refractivity contribution is -0.142. The largest absolute Gasteiger partial charge is 0.393 e. The molecule has 13 heteroatoms. The summed E-state index contributed by atoms with van der Waals surface area (Å²) in [4.78, 5) is 21.7. The Hall–Kier alpha value is -2.60. The normalized spacial score (nSPS) is 31.3. The second kappa shape index (κ2) is 5.21. The molecule has 1 fully saturated rings. The number of nitrogens with zero attached hydrogens (tertiary/aromatic N) is 6. The van der Waals surface area contributed by atoms with Gasteiger partial charge in [0.15, 0.2) is 23.4 Å². The highest BCUT2D eigenvalue weighted by Crippen LogP contribution is 2.50. The first kappa shape index (κ1) is 16.3. The fourth-order valence-electron chi connectivity index (χ4n) is 2.58. The molecule has 0 aromatic carbocycles. The minimum absolute atomic E-state index is 0.0976. The van der Waals surface area contributed by atoms with Crippen LogP contribution in [0.3, 0.4) is 0 Å². The fourth-order valence-corrected chi connectivity index (χ4v) is 2.58. The number of carbonyl (C=O) groups excluding carboxylic acids is 1. The number of carbonyl (C=O) groups is 1. The van der Waals surface area contributed by atoms with Crippen LogP contribution in [0.5, 0.6) is 0 Å². The van der Waals surface area contributed by atoms with Crippen molar-refractivity contribution in [3.63, 3.8) is 0 Å². The van der Waals surface area contributed by atoms with Crippen molar-refractivity contribution in [1.82, 2.24) is 9.55 Å². The van der Waals surface area contributed by atoms with Gasteiger partial charge in [-0.3, -0.25) is 9.36 Å². The number of azide groups is 1. The van der Waals surface area contributed by atoms with Gasteiger partial charge in [-0.15, -0.1) is 0 Å². The molecule has 1 aromatic rings. The molecule has 128 valence electrons. The van der Waals surface area contributed by atoms with Crippen LogP contribution in [0.15, 0.2) is 16.4 Å². The van der Waals surface area contributed by atoms with Crippen molar-refractivity contribution in [1.29, 1.82) is 0 Å². The standard InChI is InChI=1S/C11H11F2N7O4/c12-11(13)8(23)10(2-21,18-19-15)24-9(11)20-3-16-6-4(22)1-5(14)17-7(6)20/h3,8-9,21,23H,1-2H2,(H2,14,17)/t8-,9-,10-/m1/s1. The third-order valence-corrected chi connectivity index (χ3v) is 3.75. The van der Waals surface area contributed by atoms with Crippen LogP contribution in [0.1, 0.15) is 23.1 Å². The summed E-state index contributed by atoms with van der Waals surface area (Å²) in [6.07, 6.45) is -4.17. The highest BCUT2D eigenvalue weighted by Gasteiger charge is 2.67. The van der Waals surface area contributed by atoms with E-state index in [-0.39, 0.29) is 23.8 Å². The number of hydrogen-bond acceptors (Lipinski definition) is 8. The van der Waals surface area contributed by atoms with E-state index in [1.165, 1.54) is 0 Å². The van der Waals surface area contributed by atoms with E-state index in [1.807, 2.05) is 0 Å². The molecule has 2 aliphatic heterocycles. The van der Waals surface area contributed by atoms with Gasteiger partial charge < -0.3 is 20.7 Å². The third-order valence-electron chi connectivity index (χ3n) is 3.75. The fraction of sp³-hybridized carbons (Fsp3) is 0.545. The molecule has 0 unspecified atom stereocenters. The molecule has 0 saturated carbocycles. The lowest BCUT2D eigenvalue weighted by atomic mass is 10.1. The predicted octanol–water partition coefficient (Wildman–Crippen LogP) is -0.0179. The highest BCUT2D eigenvalue weighted by atomic mass is 19.3. The van der Waals surface area contributed by atoms with Gasteiger partial charge in [-0.2, -0.15) is 8.78 Å². The van der Waals surface area contributed by atoms with E-state index in [2.05, 4.69) is 20.0 Å². The van der Waals surface area contributed by atoms with Crippen LogP contribution < -0.4 is 5.73 Å². The van der Waals surface area contributed by atoms with E-state index >= 15 is 0 Å². The Bertz CT molecular complexity index is 787. The van der Waals surface area contributed by atoms with Crippen LogP contribution in [-0.2, 0) is 4.74 Å². The van der Waals surface area contributed by atoms with Gasteiger partial charge in [0.05, 0.1) is 19.4 Å². The first-order valence-corrected chi connectivity index (χ1v) is 6.60. The van der Waals surface area contributed by atoms with Gasteiger partial charge >= 0.3 is 5.92 Å². The summed E-state index contributed by atoms with van der Waals surface area (Å²) < 4.78 is 34.6. The number of imidazole rings is 1. The number of nitrogens with two attached hydrogens (primary N) is 1. The van der Waals surface area contributed by atoms with Crippen LogP contribution in [0, 0.1) is 0 Å². The first-order chi connectivity index (χ1) is 11.3. The number of alkyl halides is 2. The van der Waals surface area contributed by atoms with Crippen LogP contribution in [0.4, 0.5) is 14.6 Å². The maximum Gasteiger partial charge on any atom is 0.320 e. The number of hydrogen-bond donors (Lipinski definition) is 3. The van der Waals surface area contributed by atoms with E-state index in [1.54, 1.807) is 0 Å². The van der Waals surface area contributed by atoms with E-state index < -0.39 is 36.4 Å². The van der Waals surface area contributed by atoms with Gasteiger partial charge in [0.2, 0.25) is 12.0 Å². The Morgan fingerprint density at radius 1 is 1.62 bits per heavy atom. The second-order valence-electron chi connectivity index (χ2n) is 5.27. The van der Waals surface area contributed by atoms with Crippen molar-refractivity contribution < 1.29 is 28.5 Å². The quantitative estimate of drug-likeness (QED) is 0.395. The number of aromatic nitrogens is 2. The molecule has 24 heavy (non-hydrogen) atoms. The number of ketones is 1. The number of aliphatic hydroxyl groups excluding tert-OH is 2. The van der Waals surface area contributed by atoms with Crippen LogP contribution in [0.25, 0.3) is 10.4 Å². The van der Waals surface area contributed by atoms with E-state index in [9.17, 15) is 23.8 Å². The molecule has 3 atom stereocenters. The van der Waals surface area contributed by atoms with Gasteiger partial charge in [0, 0.05) is 4.91 Å². The van der Waals surface area contributed by atoms with Gasteiger partial charge in [-0.1, -0.05) is 5.11 Å². The van der Waals surface area contributed by atoms with Crippen molar-refractivity contribution in [2.45, 2.75) is 30.4 Å². The Balaban J connectivity index is 2.12. The van der Waals surface area contributed by atoms with Gasteiger partial charge in [-0.25, -0.2) is 9.98 Å². The molecule has 3 heterocycles. The zero-order valence-electron chi connectivity index (χ0n) is 11.9. The summed E-state index contributed by atoms with van der Waals surface area (Å²) in [6, 6.07) is 0. The molecule has 2 aliphatic rings.